The van der Waals surface area contributed by atoms with Gasteiger partial charge >= 0.3 is 0 Å². The fourth-order valence-corrected chi connectivity index (χ4v) is 3.21. The van der Waals surface area contributed by atoms with E-state index in [0.29, 0.717) is 24.6 Å². The van der Waals surface area contributed by atoms with E-state index in [1.807, 2.05) is 52.8 Å². The van der Waals surface area contributed by atoms with Crippen LogP contribution in [0.15, 0.2) is 42.5 Å². The molecule has 6 heteroatoms. The van der Waals surface area contributed by atoms with E-state index in [2.05, 4.69) is 5.32 Å². The molecule has 1 atom stereocenters. The second kappa shape index (κ2) is 11.5. The molecule has 2 rings (SSSR count). The summed E-state index contributed by atoms with van der Waals surface area (Å²) in [6.45, 7) is 10.3. The minimum absolute atomic E-state index is 0.181. The highest BCUT2D eigenvalue weighted by atomic mass is 19.1. The summed E-state index contributed by atoms with van der Waals surface area (Å²) in [5.41, 5.74) is 2.72. The third-order valence-electron chi connectivity index (χ3n) is 5.03. The Kier molecular flexibility index (Phi) is 9.03. The molecule has 0 aliphatic carbocycles. The Morgan fingerprint density at radius 3 is 2.39 bits per heavy atom. The van der Waals surface area contributed by atoms with E-state index >= 15 is 0 Å². The summed E-state index contributed by atoms with van der Waals surface area (Å²) in [6.07, 6.45) is 0.459. The van der Waals surface area contributed by atoms with Crippen molar-refractivity contribution in [2.45, 2.75) is 53.6 Å². The van der Waals surface area contributed by atoms with E-state index in [9.17, 15) is 14.0 Å². The molecular formula is C25H33FN2O3. The number of carbonyl (C=O) groups excluding carboxylic acids is 2. The first kappa shape index (κ1) is 24.4. The molecule has 2 aromatic rings. The Morgan fingerprint density at radius 2 is 1.77 bits per heavy atom. The van der Waals surface area contributed by atoms with Gasteiger partial charge in [0.25, 0.3) is 5.91 Å². The van der Waals surface area contributed by atoms with Gasteiger partial charge in [0, 0.05) is 13.1 Å². The molecule has 0 saturated carbocycles. The van der Waals surface area contributed by atoms with Gasteiger partial charge in [0.05, 0.1) is 0 Å². The van der Waals surface area contributed by atoms with Crippen LogP contribution in [0.1, 0.15) is 43.9 Å². The Balaban J connectivity index is 2.21. The number of amides is 2. The molecular weight excluding hydrogens is 395 g/mol. The van der Waals surface area contributed by atoms with E-state index in [1.54, 1.807) is 12.1 Å². The normalized spacial score (nSPS) is 11.8. The summed E-state index contributed by atoms with van der Waals surface area (Å²) in [5.74, 6) is 0.111. The number of hydrogen-bond acceptors (Lipinski definition) is 3. The maximum Gasteiger partial charge on any atom is 0.261 e. The molecule has 31 heavy (non-hydrogen) atoms. The van der Waals surface area contributed by atoms with Crippen LogP contribution in [0.3, 0.4) is 0 Å². The average molecular weight is 429 g/mol. The summed E-state index contributed by atoms with van der Waals surface area (Å²) >= 11 is 0. The van der Waals surface area contributed by atoms with E-state index in [1.165, 1.54) is 17.0 Å². The number of nitrogens with one attached hydrogen (secondary N) is 1. The minimum Gasteiger partial charge on any atom is -0.483 e. The van der Waals surface area contributed by atoms with Crippen molar-refractivity contribution < 1.29 is 18.7 Å². The van der Waals surface area contributed by atoms with E-state index in [4.69, 9.17) is 4.74 Å². The van der Waals surface area contributed by atoms with Crippen LogP contribution < -0.4 is 10.1 Å². The zero-order valence-corrected chi connectivity index (χ0v) is 19.1. The van der Waals surface area contributed by atoms with Gasteiger partial charge in [0.1, 0.15) is 17.6 Å². The number of benzene rings is 2. The molecule has 0 aromatic heterocycles. The molecule has 0 radical (unpaired) electrons. The number of ether oxygens (including phenoxy) is 1. The molecule has 0 aliphatic rings. The molecule has 0 heterocycles. The van der Waals surface area contributed by atoms with Crippen LogP contribution in [0.2, 0.25) is 0 Å². The first-order chi connectivity index (χ1) is 14.7. The van der Waals surface area contributed by atoms with Crippen LogP contribution in [0.5, 0.6) is 5.75 Å². The number of nitrogens with zero attached hydrogens (tertiary/aromatic N) is 1. The Bertz CT molecular complexity index is 881. The van der Waals surface area contributed by atoms with Gasteiger partial charge in [-0.25, -0.2) is 4.39 Å². The zero-order valence-electron chi connectivity index (χ0n) is 19.1. The van der Waals surface area contributed by atoms with Crippen LogP contribution in [0.4, 0.5) is 4.39 Å². The highest BCUT2D eigenvalue weighted by Gasteiger charge is 2.29. The van der Waals surface area contributed by atoms with Gasteiger partial charge in [-0.1, -0.05) is 45.0 Å². The topological polar surface area (TPSA) is 58.6 Å². The lowest BCUT2D eigenvalue weighted by molar-refractivity contribution is -0.143. The highest BCUT2D eigenvalue weighted by Crippen LogP contribution is 2.20. The van der Waals surface area contributed by atoms with Crippen molar-refractivity contribution in [2.75, 3.05) is 13.2 Å². The van der Waals surface area contributed by atoms with Crippen LogP contribution in [0, 0.1) is 25.6 Å². The summed E-state index contributed by atoms with van der Waals surface area (Å²) in [6, 6.07) is 11.1. The fraction of sp³-hybridized carbons (Fsp3) is 0.440. The highest BCUT2D eigenvalue weighted by molar-refractivity contribution is 5.88. The van der Waals surface area contributed by atoms with E-state index < -0.39 is 6.04 Å². The number of carbonyl (C=O) groups is 2. The molecule has 2 aromatic carbocycles. The smallest absolute Gasteiger partial charge is 0.261 e. The standard InChI is InChI=1S/C25H33FN2O3/c1-6-22(25(30)27-14-17(2)3)28(15-20-9-11-21(26)12-10-20)24(29)16-31-23-13-18(4)7-8-19(23)5/h7-13,17,22H,6,14-16H2,1-5H3,(H,27,30). The van der Waals surface area contributed by atoms with E-state index in [-0.39, 0.29) is 30.8 Å². The summed E-state index contributed by atoms with van der Waals surface area (Å²) < 4.78 is 19.1. The number of aryl methyl sites for hydroxylation is 2. The third-order valence-corrected chi connectivity index (χ3v) is 5.03. The summed E-state index contributed by atoms with van der Waals surface area (Å²) in [4.78, 5) is 27.5. The molecule has 0 fully saturated rings. The lowest BCUT2D eigenvalue weighted by atomic mass is 10.1. The average Bonchev–Trinajstić information content (AvgIpc) is 2.73. The monoisotopic (exact) mass is 428 g/mol. The quantitative estimate of drug-likeness (QED) is 0.610. The predicted molar refractivity (Wildman–Crippen MR) is 120 cm³/mol. The largest absolute Gasteiger partial charge is 0.483 e. The molecule has 0 aliphatic heterocycles. The Hall–Kier alpha value is -2.89. The molecule has 0 spiro atoms. The molecule has 0 bridgehead atoms. The molecule has 1 unspecified atom stereocenters. The van der Waals surface area contributed by atoms with Crippen LogP contribution in [0.25, 0.3) is 0 Å². The van der Waals surface area contributed by atoms with Gasteiger partial charge in [-0.3, -0.25) is 9.59 Å². The molecule has 168 valence electrons. The minimum atomic E-state index is -0.640. The lowest BCUT2D eigenvalue weighted by Gasteiger charge is -2.31. The predicted octanol–water partition coefficient (Wildman–Crippen LogP) is 4.40. The van der Waals surface area contributed by atoms with Crippen molar-refractivity contribution in [3.8, 4) is 5.75 Å². The fourth-order valence-electron chi connectivity index (χ4n) is 3.21. The molecule has 1 N–H and O–H groups in total. The van der Waals surface area contributed by atoms with Crippen LogP contribution in [-0.2, 0) is 16.1 Å². The number of hydrogen-bond donors (Lipinski definition) is 1. The second-order valence-corrected chi connectivity index (χ2v) is 8.27. The van der Waals surface area contributed by atoms with Crippen molar-refractivity contribution >= 4 is 11.8 Å². The van der Waals surface area contributed by atoms with Gasteiger partial charge in [-0.15, -0.1) is 0 Å². The van der Waals surface area contributed by atoms with Crippen molar-refractivity contribution in [1.82, 2.24) is 10.2 Å². The summed E-state index contributed by atoms with van der Waals surface area (Å²) in [7, 11) is 0. The van der Waals surface area contributed by atoms with Gasteiger partial charge in [0.2, 0.25) is 5.91 Å². The lowest BCUT2D eigenvalue weighted by Crippen LogP contribution is -2.50. The first-order valence-corrected chi connectivity index (χ1v) is 10.7. The van der Waals surface area contributed by atoms with Gasteiger partial charge in [-0.05, 0) is 61.1 Å². The van der Waals surface area contributed by atoms with Crippen LogP contribution in [-0.4, -0.2) is 35.9 Å². The Morgan fingerprint density at radius 1 is 1.10 bits per heavy atom. The van der Waals surface area contributed by atoms with Gasteiger partial charge in [0.15, 0.2) is 6.61 Å². The second-order valence-electron chi connectivity index (χ2n) is 8.27. The maximum absolute atomic E-state index is 13.3. The number of rotatable bonds is 10. The third kappa shape index (κ3) is 7.39. The van der Waals surface area contributed by atoms with Crippen molar-refractivity contribution in [3.05, 3.63) is 65.0 Å². The van der Waals surface area contributed by atoms with Crippen LogP contribution >= 0.6 is 0 Å². The molecule has 0 saturated heterocycles. The molecule has 5 nitrogen and oxygen atoms in total. The van der Waals surface area contributed by atoms with Crippen molar-refractivity contribution in [3.63, 3.8) is 0 Å². The van der Waals surface area contributed by atoms with Crippen molar-refractivity contribution in [2.24, 2.45) is 5.92 Å². The number of halogens is 1. The summed E-state index contributed by atoms with van der Waals surface area (Å²) in [5, 5.41) is 2.92. The SMILES string of the molecule is CCC(C(=O)NCC(C)C)N(Cc1ccc(F)cc1)C(=O)COc1cc(C)ccc1C. The van der Waals surface area contributed by atoms with Gasteiger partial charge in [-0.2, -0.15) is 0 Å². The Labute approximate surface area is 184 Å². The molecule has 2 amide bonds. The zero-order chi connectivity index (χ0) is 23.0. The maximum atomic E-state index is 13.3. The van der Waals surface area contributed by atoms with Gasteiger partial charge < -0.3 is 15.0 Å². The van der Waals surface area contributed by atoms with Crippen molar-refractivity contribution in [1.29, 1.82) is 0 Å². The first-order valence-electron chi connectivity index (χ1n) is 10.7. The van der Waals surface area contributed by atoms with E-state index in [0.717, 1.165) is 16.7 Å².